The molecule has 0 saturated carbocycles. The molecule has 0 bridgehead atoms. The molecule has 2 heterocycles. The van der Waals surface area contributed by atoms with Crippen molar-refractivity contribution in [3.63, 3.8) is 0 Å². The van der Waals surface area contributed by atoms with Gasteiger partial charge in [-0.05, 0) is 58.5 Å². The summed E-state index contributed by atoms with van der Waals surface area (Å²) in [6.07, 6.45) is 1.72. The summed E-state index contributed by atoms with van der Waals surface area (Å²) in [6, 6.07) is 8.94. The first kappa shape index (κ1) is 13.1. The minimum absolute atomic E-state index is 0.0286. The van der Waals surface area contributed by atoms with Crippen LogP contribution in [0.3, 0.4) is 0 Å². The Labute approximate surface area is 126 Å². The molecule has 0 radical (unpaired) electrons. The third-order valence-electron chi connectivity index (χ3n) is 4.28. The summed E-state index contributed by atoms with van der Waals surface area (Å²) in [5, 5.41) is 18.9. The van der Waals surface area contributed by atoms with Gasteiger partial charge in [0.2, 0.25) is 0 Å². The number of hydrogen-bond donors (Lipinski definition) is 1. The van der Waals surface area contributed by atoms with E-state index in [1.165, 1.54) is 10.7 Å². The minimum Gasteiger partial charge on any atom is -0.361 e. The first-order chi connectivity index (χ1) is 10.7. The Morgan fingerprint density at radius 1 is 1.27 bits per heavy atom. The van der Waals surface area contributed by atoms with Gasteiger partial charge >= 0.3 is 0 Å². The molecule has 1 aliphatic rings. The first-order valence-corrected chi connectivity index (χ1v) is 7.31. The molecule has 1 N–H and O–H groups in total. The van der Waals surface area contributed by atoms with E-state index in [4.69, 9.17) is 0 Å². The van der Waals surface area contributed by atoms with Crippen molar-refractivity contribution in [2.24, 2.45) is 5.92 Å². The van der Waals surface area contributed by atoms with Gasteiger partial charge in [0.25, 0.3) is 0 Å². The van der Waals surface area contributed by atoms with Crippen molar-refractivity contribution in [1.82, 2.24) is 25.3 Å². The Morgan fingerprint density at radius 3 is 3.09 bits per heavy atom. The molecule has 2 aromatic heterocycles. The number of benzene rings is 1. The van der Waals surface area contributed by atoms with Crippen LogP contribution in [0.1, 0.15) is 30.5 Å². The summed E-state index contributed by atoms with van der Waals surface area (Å²) < 4.78 is 15.4. The molecule has 0 amide bonds. The van der Waals surface area contributed by atoms with Crippen LogP contribution in [-0.4, -0.2) is 25.3 Å². The Bertz CT molecular complexity index is 830. The van der Waals surface area contributed by atoms with E-state index in [0.717, 1.165) is 24.0 Å². The summed E-state index contributed by atoms with van der Waals surface area (Å²) >= 11 is 0. The summed E-state index contributed by atoms with van der Waals surface area (Å²) in [5.41, 5.74) is 2.41. The Balaban J connectivity index is 1.71. The van der Waals surface area contributed by atoms with Gasteiger partial charge in [0, 0.05) is 0 Å². The Kier molecular flexibility index (Phi) is 2.99. The van der Waals surface area contributed by atoms with Crippen molar-refractivity contribution in [3.8, 4) is 0 Å². The predicted molar refractivity (Wildman–Crippen MR) is 78.8 cm³/mol. The zero-order valence-corrected chi connectivity index (χ0v) is 12.1. The van der Waals surface area contributed by atoms with Gasteiger partial charge < -0.3 is 5.32 Å². The maximum Gasteiger partial charge on any atom is 0.200 e. The molecule has 0 saturated heterocycles. The lowest BCUT2D eigenvalue weighted by Crippen LogP contribution is -2.26. The van der Waals surface area contributed by atoms with Gasteiger partial charge in [0.1, 0.15) is 11.6 Å². The van der Waals surface area contributed by atoms with E-state index >= 15 is 0 Å². The monoisotopic (exact) mass is 298 g/mol. The maximum atomic E-state index is 14.0. The topological polar surface area (TPSA) is 68.0 Å². The number of hydrogen-bond acceptors (Lipinski definition) is 5. The fraction of sp³-hybridized carbons (Fsp3) is 0.333. The van der Waals surface area contributed by atoms with Crippen molar-refractivity contribution in [3.05, 3.63) is 47.3 Å². The smallest absolute Gasteiger partial charge is 0.200 e. The van der Waals surface area contributed by atoms with E-state index in [9.17, 15) is 4.39 Å². The molecule has 4 rings (SSSR count). The van der Waals surface area contributed by atoms with Gasteiger partial charge in [0.05, 0.1) is 6.04 Å². The van der Waals surface area contributed by atoms with Crippen LogP contribution >= 0.6 is 0 Å². The van der Waals surface area contributed by atoms with E-state index < -0.39 is 0 Å². The molecule has 6 nitrogen and oxygen atoms in total. The van der Waals surface area contributed by atoms with Crippen LogP contribution in [0.15, 0.2) is 30.3 Å². The Morgan fingerprint density at radius 2 is 2.18 bits per heavy atom. The van der Waals surface area contributed by atoms with E-state index in [2.05, 4.69) is 32.9 Å². The lowest BCUT2D eigenvalue weighted by molar-refractivity contribution is 0.422. The normalized spacial score (nSPS) is 20.8. The van der Waals surface area contributed by atoms with Crippen molar-refractivity contribution in [2.45, 2.75) is 25.8 Å². The first-order valence-electron chi connectivity index (χ1n) is 7.31. The summed E-state index contributed by atoms with van der Waals surface area (Å²) in [5.74, 6) is 0.939. The average molecular weight is 298 g/mol. The minimum atomic E-state index is -0.125. The third kappa shape index (κ3) is 2.09. The van der Waals surface area contributed by atoms with Crippen LogP contribution in [0.4, 0.5) is 10.2 Å². The largest absolute Gasteiger partial charge is 0.361 e. The van der Waals surface area contributed by atoms with Crippen LogP contribution in [0.5, 0.6) is 0 Å². The van der Waals surface area contributed by atoms with Crippen LogP contribution < -0.4 is 5.32 Å². The van der Waals surface area contributed by atoms with E-state index in [1.807, 2.05) is 12.1 Å². The molecule has 112 valence electrons. The molecule has 7 heteroatoms. The van der Waals surface area contributed by atoms with Gasteiger partial charge in [-0.3, -0.25) is 0 Å². The number of rotatable bonds is 2. The average Bonchev–Trinajstić information content (AvgIpc) is 2.98. The van der Waals surface area contributed by atoms with Gasteiger partial charge in [0.15, 0.2) is 5.65 Å². The number of nitrogens with one attached hydrogen (secondary N) is 1. The SMILES string of the molecule is C[C@H]1CCc2c(F)cccc2[C@H]1Nc1ccc2nnnn2n1. The highest BCUT2D eigenvalue weighted by Gasteiger charge is 2.28. The fourth-order valence-corrected chi connectivity index (χ4v) is 3.08. The number of anilines is 1. The number of fused-ring (bicyclic) bond motifs is 2. The molecule has 0 spiro atoms. The van der Waals surface area contributed by atoms with Crippen molar-refractivity contribution < 1.29 is 4.39 Å². The highest BCUT2D eigenvalue weighted by molar-refractivity contribution is 5.46. The zero-order valence-electron chi connectivity index (χ0n) is 12.1. The fourth-order valence-electron chi connectivity index (χ4n) is 3.08. The van der Waals surface area contributed by atoms with Gasteiger partial charge in [-0.15, -0.1) is 14.8 Å². The molecule has 3 aromatic rings. The lowest BCUT2D eigenvalue weighted by Gasteiger charge is -2.32. The molecular weight excluding hydrogens is 283 g/mol. The van der Waals surface area contributed by atoms with E-state index in [1.54, 1.807) is 12.1 Å². The number of halogens is 1. The van der Waals surface area contributed by atoms with Crippen LogP contribution in [0, 0.1) is 11.7 Å². The molecule has 1 aliphatic carbocycles. The summed E-state index contributed by atoms with van der Waals surface area (Å²) in [7, 11) is 0. The summed E-state index contributed by atoms with van der Waals surface area (Å²) in [6.45, 7) is 2.17. The second-order valence-electron chi connectivity index (χ2n) is 5.69. The number of tetrazole rings is 1. The highest BCUT2D eigenvalue weighted by Crippen LogP contribution is 2.37. The quantitative estimate of drug-likeness (QED) is 0.787. The standard InChI is InChI=1S/C15H15FN6/c1-9-5-6-10-11(3-2-4-12(10)16)15(9)17-13-7-8-14-18-20-21-22(14)19-13/h2-4,7-9,15H,5-6H2,1H3,(H,17,19)/t9-,15-/m0/s1. The maximum absolute atomic E-state index is 14.0. The molecule has 0 aliphatic heterocycles. The van der Waals surface area contributed by atoms with Crippen molar-refractivity contribution in [1.29, 1.82) is 0 Å². The van der Waals surface area contributed by atoms with Crippen LogP contribution in [0.25, 0.3) is 5.65 Å². The number of nitrogens with zero attached hydrogens (tertiary/aromatic N) is 5. The molecule has 0 unspecified atom stereocenters. The molecule has 0 fully saturated rings. The molecule has 1 aromatic carbocycles. The molecular formula is C15H15FN6. The third-order valence-corrected chi connectivity index (χ3v) is 4.28. The van der Waals surface area contributed by atoms with Gasteiger partial charge in [-0.1, -0.05) is 19.1 Å². The molecule has 2 atom stereocenters. The van der Waals surface area contributed by atoms with Crippen LogP contribution in [-0.2, 0) is 6.42 Å². The zero-order chi connectivity index (χ0) is 15.1. The van der Waals surface area contributed by atoms with Crippen molar-refractivity contribution in [2.75, 3.05) is 5.32 Å². The van der Waals surface area contributed by atoms with Gasteiger partial charge in [-0.2, -0.15) is 0 Å². The highest BCUT2D eigenvalue weighted by atomic mass is 19.1. The second-order valence-corrected chi connectivity index (χ2v) is 5.69. The predicted octanol–water partition coefficient (Wildman–Crippen LogP) is 2.39. The van der Waals surface area contributed by atoms with Crippen LogP contribution in [0.2, 0.25) is 0 Å². The molecule has 22 heavy (non-hydrogen) atoms. The van der Waals surface area contributed by atoms with E-state index in [0.29, 0.717) is 17.4 Å². The van der Waals surface area contributed by atoms with Crippen molar-refractivity contribution >= 4 is 11.5 Å². The summed E-state index contributed by atoms with van der Waals surface area (Å²) in [4.78, 5) is 0. The Hall–Kier alpha value is -2.57. The van der Waals surface area contributed by atoms with Gasteiger partial charge in [-0.25, -0.2) is 4.39 Å². The lowest BCUT2D eigenvalue weighted by atomic mass is 9.80. The number of aromatic nitrogens is 5. The van der Waals surface area contributed by atoms with E-state index in [-0.39, 0.29) is 11.9 Å². The second kappa shape index (κ2) is 5.01.